The van der Waals surface area contributed by atoms with Crippen molar-refractivity contribution in [2.75, 3.05) is 7.05 Å². The molecule has 2 rings (SSSR count). The van der Waals surface area contributed by atoms with E-state index in [1.807, 2.05) is 20.0 Å². The van der Waals surface area contributed by atoms with Gasteiger partial charge < -0.3 is 5.32 Å². The quantitative estimate of drug-likeness (QED) is 0.874. The van der Waals surface area contributed by atoms with Crippen molar-refractivity contribution >= 4 is 0 Å². The molecule has 1 unspecified atom stereocenters. The summed E-state index contributed by atoms with van der Waals surface area (Å²) >= 11 is 0. The zero-order valence-electron chi connectivity index (χ0n) is 12.8. The molecular weight excluding hydrogens is 249 g/mol. The minimum absolute atomic E-state index is 0.115. The zero-order chi connectivity index (χ0) is 14.9. The highest BCUT2D eigenvalue weighted by Crippen LogP contribution is 2.30. The summed E-state index contributed by atoms with van der Waals surface area (Å²) in [6.45, 7) is 8.26. The average molecular weight is 271 g/mol. The fourth-order valence-electron chi connectivity index (χ4n) is 2.99. The SMILES string of the molecule is CNC(c1cc(C)ccc1F)c1c(C)cc(C)cc1C. The normalized spacial score (nSPS) is 12.5. The van der Waals surface area contributed by atoms with E-state index in [4.69, 9.17) is 0 Å². The van der Waals surface area contributed by atoms with Gasteiger partial charge in [0.15, 0.2) is 0 Å². The predicted octanol–water partition coefficient (Wildman–Crippen LogP) is 4.37. The van der Waals surface area contributed by atoms with E-state index in [1.165, 1.54) is 22.3 Å². The zero-order valence-corrected chi connectivity index (χ0v) is 12.8. The minimum atomic E-state index is -0.158. The van der Waals surface area contributed by atoms with Gasteiger partial charge in [0.25, 0.3) is 0 Å². The first-order chi connectivity index (χ1) is 9.43. The first kappa shape index (κ1) is 14.7. The van der Waals surface area contributed by atoms with E-state index in [-0.39, 0.29) is 11.9 Å². The first-order valence-corrected chi connectivity index (χ1v) is 6.95. The Kier molecular flexibility index (Phi) is 4.24. The maximum absolute atomic E-state index is 14.2. The van der Waals surface area contributed by atoms with Gasteiger partial charge in [0.05, 0.1) is 6.04 Å². The fourth-order valence-corrected chi connectivity index (χ4v) is 2.99. The number of hydrogen-bond acceptors (Lipinski definition) is 1. The van der Waals surface area contributed by atoms with Gasteiger partial charge in [-0.1, -0.05) is 35.4 Å². The van der Waals surface area contributed by atoms with E-state index in [1.54, 1.807) is 12.1 Å². The van der Waals surface area contributed by atoms with Crippen molar-refractivity contribution in [1.82, 2.24) is 5.32 Å². The minimum Gasteiger partial charge on any atom is -0.309 e. The van der Waals surface area contributed by atoms with Crippen LogP contribution in [-0.4, -0.2) is 7.05 Å². The van der Waals surface area contributed by atoms with Crippen LogP contribution in [0.5, 0.6) is 0 Å². The summed E-state index contributed by atoms with van der Waals surface area (Å²) < 4.78 is 14.2. The van der Waals surface area contributed by atoms with Crippen molar-refractivity contribution in [2.24, 2.45) is 0 Å². The molecule has 0 saturated heterocycles. The van der Waals surface area contributed by atoms with Crippen LogP contribution in [0.15, 0.2) is 30.3 Å². The van der Waals surface area contributed by atoms with Crippen LogP contribution in [0.2, 0.25) is 0 Å². The molecule has 0 bridgehead atoms. The summed E-state index contributed by atoms with van der Waals surface area (Å²) in [4.78, 5) is 0. The molecule has 0 aromatic heterocycles. The molecule has 1 atom stereocenters. The standard InChI is InChI=1S/C18H22FN/c1-11-6-7-16(19)15(10-11)18(20-5)17-13(3)8-12(2)9-14(17)4/h6-10,18,20H,1-5H3. The van der Waals surface area contributed by atoms with Gasteiger partial charge in [0.2, 0.25) is 0 Å². The Balaban J connectivity index is 2.61. The number of halogens is 1. The summed E-state index contributed by atoms with van der Waals surface area (Å²) in [6, 6.07) is 9.47. The molecule has 0 saturated carbocycles. The highest BCUT2D eigenvalue weighted by atomic mass is 19.1. The van der Waals surface area contributed by atoms with Crippen LogP contribution in [-0.2, 0) is 0 Å². The molecular formula is C18H22FN. The Morgan fingerprint density at radius 1 is 0.900 bits per heavy atom. The highest BCUT2D eigenvalue weighted by Gasteiger charge is 2.20. The van der Waals surface area contributed by atoms with Gasteiger partial charge in [0, 0.05) is 5.56 Å². The lowest BCUT2D eigenvalue weighted by atomic mass is 9.89. The maximum atomic E-state index is 14.2. The molecule has 0 heterocycles. The van der Waals surface area contributed by atoms with Crippen molar-refractivity contribution in [2.45, 2.75) is 33.7 Å². The molecule has 106 valence electrons. The Morgan fingerprint density at radius 2 is 1.50 bits per heavy atom. The van der Waals surface area contributed by atoms with Crippen molar-refractivity contribution in [3.63, 3.8) is 0 Å². The molecule has 0 aliphatic heterocycles. The van der Waals surface area contributed by atoms with Crippen LogP contribution in [0.3, 0.4) is 0 Å². The van der Waals surface area contributed by atoms with Crippen LogP contribution in [0, 0.1) is 33.5 Å². The summed E-state index contributed by atoms with van der Waals surface area (Å²) in [5, 5.41) is 3.26. The molecule has 2 aromatic carbocycles. The van der Waals surface area contributed by atoms with E-state index in [0.717, 1.165) is 5.56 Å². The van der Waals surface area contributed by atoms with E-state index in [0.29, 0.717) is 5.56 Å². The van der Waals surface area contributed by atoms with E-state index in [2.05, 4.69) is 38.2 Å². The lowest BCUT2D eigenvalue weighted by Crippen LogP contribution is -2.21. The maximum Gasteiger partial charge on any atom is 0.128 e. The molecule has 2 heteroatoms. The third-order valence-corrected chi connectivity index (χ3v) is 3.78. The van der Waals surface area contributed by atoms with E-state index < -0.39 is 0 Å². The van der Waals surface area contributed by atoms with Crippen LogP contribution in [0.1, 0.15) is 39.4 Å². The Bertz CT molecular complexity index is 608. The summed E-state index contributed by atoms with van der Waals surface area (Å²) in [5.74, 6) is -0.158. The van der Waals surface area contributed by atoms with Crippen molar-refractivity contribution in [1.29, 1.82) is 0 Å². The Labute approximate surface area is 120 Å². The molecule has 2 aromatic rings. The van der Waals surface area contributed by atoms with Gasteiger partial charge in [-0.3, -0.25) is 0 Å². The van der Waals surface area contributed by atoms with Crippen LogP contribution in [0.4, 0.5) is 4.39 Å². The van der Waals surface area contributed by atoms with Gasteiger partial charge in [-0.15, -0.1) is 0 Å². The number of nitrogens with one attached hydrogen (secondary N) is 1. The first-order valence-electron chi connectivity index (χ1n) is 6.95. The number of benzene rings is 2. The molecule has 0 aliphatic rings. The van der Waals surface area contributed by atoms with Gasteiger partial charge in [-0.2, -0.15) is 0 Å². The molecule has 0 radical (unpaired) electrons. The topological polar surface area (TPSA) is 12.0 Å². The molecule has 0 amide bonds. The number of aryl methyl sites for hydroxylation is 4. The van der Waals surface area contributed by atoms with Crippen LogP contribution >= 0.6 is 0 Å². The molecule has 1 nitrogen and oxygen atoms in total. The average Bonchev–Trinajstić information content (AvgIpc) is 2.37. The summed E-state index contributed by atoms with van der Waals surface area (Å²) in [7, 11) is 1.88. The molecule has 0 fully saturated rings. The Morgan fingerprint density at radius 3 is 2.05 bits per heavy atom. The third kappa shape index (κ3) is 2.75. The monoisotopic (exact) mass is 271 g/mol. The summed E-state index contributed by atoms with van der Waals surface area (Å²) in [6.07, 6.45) is 0. The van der Waals surface area contributed by atoms with Gasteiger partial charge in [-0.05, 0) is 57.5 Å². The lowest BCUT2D eigenvalue weighted by Gasteiger charge is -2.23. The van der Waals surface area contributed by atoms with E-state index >= 15 is 0 Å². The van der Waals surface area contributed by atoms with Crippen LogP contribution in [0.25, 0.3) is 0 Å². The lowest BCUT2D eigenvalue weighted by molar-refractivity contribution is 0.573. The second-order valence-corrected chi connectivity index (χ2v) is 5.56. The summed E-state index contributed by atoms with van der Waals surface area (Å²) in [5.41, 5.74) is 6.59. The molecule has 20 heavy (non-hydrogen) atoms. The fraction of sp³-hybridized carbons (Fsp3) is 0.333. The van der Waals surface area contributed by atoms with Gasteiger partial charge in [-0.25, -0.2) is 4.39 Å². The van der Waals surface area contributed by atoms with Crippen molar-refractivity contribution < 1.29 is 4.39 Å². The smallest absolute Gasteiger partial charge is 0.128 e. The van der Waals surface area contributed by atoms with Crippen molar-refractivity contribution in [3.05, 3.63) is 69.5 Å². The number of rotatable bonds is 3. The predicted molar refractivity (Wildman–Crippen MR) is 82.7 cm³/mol. The molecule has 0 spiro atoms. The van der Waals surface area contributed by atoms with E-state index in [9.17, 15) is 4.39 Å². The molecule has 1 N–H and O–H groups in total. The third-order valence-electron chi connectivity index (χ3n) is 3.78. The van der Waals surface area contributed by atoms with Crippen molar-refractivity contribution in [3.8, 4) is 0 Å². The molecule has 0 aliphatic carbocycles. The number of hydrogen-bond donors (Lipinski definition) is 1. The second-order valence-electron chi connectivity index (χ2n) is 5.56. The van der Waals surface area contributed by atoms with Gasteiger partial charge >= 0.3 is 0 Å². The van der Waals surface area contributed by atoms with Crippen LogP contribution < -0.4 is 5.32 Å². The highest BCUT2D eigenvalue weighted by molar-refractivity contribution is 5.45. The Hall–Kier alpha value is -1.67. The largest absolute Gasteiger partial charge is 0.309 e. The second kappa shape index (κ2) is 5.76. The van der Waals surface area contributed by atoms with Gasteiger partial charge in [0.1, 0.15) is 5.82 Å².